The van der Waals surface area contributed by atoms with Gasteiger partial charge in [0, 0.05) is 5.75 Å². The second-order valence-corrected chi connectivity index (χ2v) is 13.7. The molecule has 0 aromatic heterocycles. The summed E-state index contributed by atoms with van der Waals surface area (Å²) in [7, 11) is -4.17. The number of rotatable bonds is 5. The van der Waals surface area contributed by atoms with Crippen molar-refractivity contribution in [2.45, 2.75) is 97.7 Å². The van der Waals surface area contributed by atoms with Crippen LogP contribution in [0.15, 0.2) is 0 Å². The van der Waals surface area contributed by atoms with Crippen LogP contribution < -0.4 is 29.6 Å². The average Bonchev–Trinajstić information content (AvgIpc) is 3.04. The predicted octanol–water partition coefficient (Wildman–Crippen LogP) is 1.19. The molecule has 2 N–H and O–H groups in total. The second kappa shape index (κ2) is 9.71. The van der Waals surface area contributed by atoms with Crippen molar-refractivity contribution in [2.75, 3.05) is 5.75 Å². The molecule has 0 aromatic rings. The summed E-state index contributed by atoms with van der Waals surface area (Å²) >= 11 is 0. The molecule has 0 amide bonds. The van der Waals surface area contributed by atoms with Gasteiger partial charge in [0.05, 0.1) is 22.3 Å². The normalized spacial score (nSPS) is 49.3. The molecule has 4 fully saturated rings. The molecule has 4 rings (SSSR count). The first-order chi connectivity index (χ1) is 14.4. The summed E-state index contributed by atoms with van der Waals surface area (Å²) in [6.45, 7) is 9.16. The quantitative estimate of drug-likeness (QED) is 0.457. The van der Waals surface area contributed by atoms with Gasteiger partial charge in [-0.15, -0.1) is 0 Å². The van der Waals surface area contributed by atoms with Crippen molar-refractivity contribution in [3.8, 4) is 0 Å². The first kappa shape index (κ1) is 27.4. The van der Waals surface area contributed by atoms with Crippen molar-refractivity contribution in [2.24, 2.45) is 52.3 Å². The van der Waals surface area contributed by atoms with Gasteiger partial charge in [0.25, 0.3) is 0 Å². The molecule has 11 atom stereocenters. The zero-order valence-electron chi connectivity index (χ0n) is 20.8. The van der Waals surface area contributed by atoms with Crippen LogP contribution in [-0.4, -0.2) is 41.1 Å². The molecule has 4 saturated carbocycles. The number of hydrogen-bond donors (Lipinski definition) is 2. The number of aliphatic hydroxyl groups excluding tert-OH is 2. The molecule has 0 heterocycles. The Hall–Kier alpha value is 0.830. The van der Waals surface area contributed by atoms with Crippen LogP contribution in [0.25, 0.3) is 0 Å². The molecule has 0 radical (unpaired) electrons. The molecule has 5 nitrogen and oxygen atoms in total. The summed E-state index contributed by atoms with van der Waals surface area (Å²) in [5, 5.41) is 22.1. The zero-order valence-corrected chi connectivity index (χ0v) is 23.6. The van der Waals surface area contributed by atoms with Crippen molar-refractivity contribution in [1.82, 2.24) is 0 Å². The van der Waals surface area contributed by atoms with Gasteiger partial charge < -0.3 is 14.8 Å². The fraction of sp³-hybridized carbons (Fsp3) is 1.00. The Morgan fingerprint density at radius 1 is 1.00 bits per heavy atom. The van der Waals surface area contributed by atoms with Crippen LogP contribution in [0, 0.1) is 52.3 Å². The molecule has 0 spiro atoms. The largest absolute Gasteiger partial charge is 1.00 e. The molecule has 3 unspecified atom stereocenters. The molecule has 180 valence electrons. The maximum Gasteiger partial charge on any atom is 1.00 e. The third-order valence-electron chi connectivity index (χ3n) is 11.0. The van der Waals surface area contributed by atoms with Gasteiger partial charge in [-0.2, -0.15) is 0 Å². The number of hydrogen-bond acceptors (Lipinski definition) is 5. The maximum absolute atomic E-state index is 11.7. The number of fused-ring (bicyclic) bond motifs is 5. The predicted molar refractivity (Wildman–Crippen MR) is 120 cm³/mol. The Kier molecular flexibility index (Phi) is 8.32. The second-order valence-electron chi connectivity index (χ2n) is 12.1. The van der Waals surface area contributed by atoms with Gasteiger partial charge in [-0.05, 0) is 104 Å². The van der Waals surface area contributed by atoms with Gasteiger partial charge in [0.1, 0.15) is 0 Å². The van der Waals surface area contributed by atoms with E-state index in [-0.39, 0.29) is 70.2 Å². The standard InChI is InChI=1S/C25H44O5S.Na/c1-5-17-21-14-16(26)8-11-25(21,4)20-9-12-24(3)18(15(2)10-13-31(28,29)30)6-7-19(24)22(20)23(17)27;/h15-23,26-27H,5-14H2,1-4H3,(H,28,29,30);/q;+1/p-1/t15-,16-,17-,18-,19?,20?,21+,22?,23-,24-,25-;/m1./s1. The van der Waals surface area contributed by atoms with Crippen LogP contribution in [-0.2, 0) is 10.1 Å². The van der Waals surface area contributed by atoms with Crippen molar-refractivity contribution >= 4 is 10.1 Å². The van der Waals surface area contributed by atoms with Crippen molar-refractivity contribution in [1.29, 1.82) is 0 Å². The topological polar surface area (TPSA) is 97.7 Å². The first-order valence-corrected chi connectivity index (χ1v) is 14.3. The molecule has 0 aromatic carbocycles. The Morgan fingerprint density at radius 2 is 1.62 bits per heavy atom. The summed E-state index contributed by atoms with van der Waals surface area (Å²) < 4.78 is 33.6. The van der Waals surface area contributed by atoms with Crippen LogP contribution >= 0.6 is 0 Å². The van der Waals surface area contributed by atoms with Crippen LogP contribution in [0.2, 0.25) is 0 Å². The third-order valence-corrected chi connectivity index (χ3v) is 11.7. The molecular weight excluding hydrogens is 435 g/mol. The van der Waals surface area contributed by atoms with E-state index >= 15 is 0 Å². The number of aliphatic hydroxyl groups is 2. The van der Waals surface area contributed by atoms with E-state index in [1.54, 1.807) is 0 Å². The Bertz CT molecular complexity index is 774. The summed E-state index contributed by atoms with van der Waals surface area (Å²) in [5.41, 5.74) is 0.315. The molecule has 32 heavy (non-hydrogen) atoms. The fourth-order valence-corrected chi connectivity index (χ4v) is 10.1. The maximum atomic E-state index is 11.7. The van der Waals surface area contributed by atoms with Gasteiger partial charge >= 0.3 is 29.6 Å². The minimum absolute atomic E-state index is 0. The summed E-state index contributed by atoms with van der Waals surface area (Å²) in [5.74, 6) is 2.32. The Labute approximate surface area is 217 Å². The smallest absolute Gasteiger partial charge is 0.748 e. The van der Waals surface area contributed by atoms with E-state index in [1.165, 1.54) is 0 Å². The van der Waals surface area contributed by atoms with E-state index in [0.717, 1.165) is 51.4 Å². The van der Waals surface area contributed by atoms with Crippen LogP contribution in [0.1, 0.15) is 85.5 Å². The SMILES string of the molecule is CC[C@H]1[C@@H](O)C2C3CC[C@H]([C@H](C)CCS(=O)(=O)[O-])[C@@]3(C)CCC2[C@@]2(C)CC[C@@H](O)C[C@@H]12.[Na+]. The summed E-state index contributed by atoms with van der Waals surface area (Å²) in [6, 6.07) is 0. The molecule has 0 bridgehead atoms. The van der Waals surface area contributed by atoms with Crippen LogP contribution in [0.4, 0.5) is 0 Å². The monoisotopic (exact) mass is 478 g/mol. The summed E-state index contributed by atoms with van der Waals surface area (Å²) in [4.78, 5) is 0. The van der Waals surface area contributed by atoms with Crippen LogP contribution in [0.5, 0.6) is 0 Å². The molecule has 0 saturated heterocycles. The zero-order chi connectivity index (χ0) is 22.8. The van der Waals surface area contributed by atoms with E-state index in [4.69, 9.17) is 0 Å². The van der Waals surface area contributed by atoms with Gasteiger partial charge in [-0.25, -0.2) is 8.42 Å². The van der Waals surface area contributed by atoms with Crippen molar-refractivity contribution in [3.63, 3.8) is 0 Å². The fourth-order valence-electron chi connectivity index (χ4n) is 9.46. The van der Waals surface area contributed by atoms with Crippen molar-refractivity contribution < 1.29 is 52.7 Å². The molecule has 0 aliphatic heterocycles. The minimum atomic E-state index is -4.17. The van der Waals surface area contributed by atoms with E-state index in [9.17, 15) is 23.2 Å². The van der Waals surface area contributed by atoms with Gasteiger partial charge in [-0.1, -0.05) is 34.1 Å². The Balaban J connectivity index is 0.00000289. The van der Waals surface area contributed by atoms with Crippen LogP contribution in [0.3, 0.4) is 0 Å². The molecule has 4 aliphatic carbocycles. The van der Waals surface area contributed by atoms with E-state index < -0.39 is 10.1 Å². The molecule has 7 heteroatoms. The Morgan fingerprint density at radius 3 is 2.25 bits per heavy atom. The average molecular weight is 479 g/mol. The van der Waals surface area contributed by atoms with E-state index in [0.29, 0.717) is 36.0 Å². The van der Waals surface area contributed by atoms with E-state index in [2.05, 4.69) is 27.7 Å². The summed E-state index contributed by atoms with van der Waals surface area (Å²) in [6.07, 6.45) is 8.09. The minimum Gasteiger partial charge on any atom is -0.748 e. The van der Waals surface area contributed by atoms with E-state index in [1.807, 2.05) is 0 Å². The third kappa shape index (κ3) is 4.53. The van der Waals surface area contributed by atoms with Crippen molar-refractivity contribution in [3.05, 3.63) is 0 Å². The molecular formula is C25H43NaO5S. The van der Waals surface area contributed by atoms with Gasteiger partial charge in [-0.3, -0.25) is 0 Å². The van der Waals surface area contributed by atoms with Gasteiger partial charge in [0.15, 0.2) is 0 Å². The first-order valence-electron chi connectivity index (χ1n) is 12.7. The van der Waals surface area contributed by atoms with Gasteiger partial charge in [0.2, 0.25) is 0 Å². The molecule has 4 aliphatic rings.